The number of carbonyl (C=O) groups is 1. The maximum absolute atomic E-state index is 12.5. The molecule has 1 aliphatic heterocycles. The number of hydrogen-bond donors (Lipinski definition) is 1. The highest BCUT2D eigenvalue weighted by atomic mass is 32.2. The van der Waals surface area contributed by atoms with E-state index in [0.717, 1.165) is 25.2 Å². The number of anilines is 2. The number of aryl methyl sites for hydroxylation is 1. The van der Waals surface area contributed by atoms with E-state index in [9.17, 15) is 13.2 Å². The highest BCUT2D eigenvalue weighted by Crippen LogP contribution is 2.20. The van der Waals surface area contributed by atoms with E-state index in [0.29, 0.717) is 16.8 Å². The number of ether oxygens (including phenoxy) is 1. The molecule has 0 saturated carbocycles. The first kappa shape index (κ1) is 20.2. The minimum absolute atomic E-state index is 0.00508. The van der Waals surface area contributed by atoms with Crippen LogP contribution in [-0.4, -0.2) is 55.8 Å². The molecule has 3 rings (SSSR count). The van der Waals surface area contributed by atoms with Gasteiger partial charge in [-0.3, -0.25) is 4.79 Å². The molecule has 1 saturated heterocycles. The maximum Gasteiger partial charge on any atom is 0.257 e. The Bertz CT molecular complexity index is 966. The van der Waals surface area contributed by atoms with Crippen LogP contribution in [0.25, 0.3) is 0 Å². The Morgan fingerprint density at radius 3 is 2.39 bits per heavy atom. The summed E-state index contributed by atoms with van der Waals surface area (Å²) in [6, 6.07) is 5.11. The number of amides is 1. The lowest BCUT2D eigenvalue weighted by Gasteiger charge is -2.36. The van der Waals surface area contributed by atoms with Crippen molar-refractivity contribution < 1.29 is 17.9 Å². The van der Waals surface area contributed by atoms with Crippen molar-refractivity contribution in [2.24, 2.45) is 0 Å². The fourth-order valence-corrected chi connectivity index (χ4v) is 4.18. The first-order valence-corrected chi connectivity index (χ1v) is 10.9. The van der Waals surface area contributed by atoms with Crippen molar-refractivity contribution in [1.29, 1.82) is 0 Å². The highest BCUT2D eigenvalue weighted by molar-refractivity contribution is 7.90. The molecule has 2 unspecified atom stereocenters. The minimum atomic E-state index is -3.40. The van der Waals surface area contributed by atoms with E-state index in [2.05, 4.69) is 20.2 Å². The van der Waals surface area contributed by atoms with Crippen LogP contribution in [0.15, 0.2) is 35.6 Å². The van der Waals surface area contributed by atoms with Crippen molar-refractivity contribution in [2.45, 2.75) is 38.0 Å². The van der Waals surface area contributed by atoms with Crippen LogP contribution < -0.4 is 10.2 Å². The number of rotatable bonds is 4. The van der Waals surface area contributed by atoms with Gasteiger partial charge in [0.25, 0.3) is 5.91 Å². The Hall–Kier alpha value is -2.52. The fraction of sp³-hybridized carbons (Fsp3) is 0.421. The van der Waals surface area contributed by atoms with Crippen LogP contribution in [0.3, 0.4) is 0 Å². The molecular formula is C19H24N4O4S. The van der Waals surface area contributed by atoms with Gasteiger partial charge in [0.1, 0.15) is 5.82 Å². The third kappa shape index (κ3) is 4.66. The second kappa shape index (κ2) is 7.84. The van der Waals surface area contributed by atoms with E-state index in [1.165, 1.54) is 12.4 Å². The van der Waals surface area contributed by atoms with Gasteiger partial charge >= 0.3 is 0 Å². The molecule has 0 bridgehead atoms. The van der Waals surface area contributed by atoms with Crippen LogP contribution in [0.4, 0.5) is 11.5 Å². The molecule has 3 heterocycles. The Morgan fingerprint density at radius 2 is 1.86 bits per heavy atom. The van der Waals surface area contributed by atoms with E-state index >= 15 is 0 Å². The smallest absolute Gasteiger partial charge is 0.257 e. The van der Waals surface area contributed by atoms with Crippen LogP contribution in [0.2, 0.25) is 0 Å². The van der Waals surface area contributed by atoms with Crippen molar-refractivity contribution >= 4 is 27.2 Å². The number of carbonyl (C=O) groups excluding carboxylic acids is 1. The molecule has 2 aromatic rings. The highest BCUT2D eigenvalue weighted by Gasteiger charge is 2.23. The number of hydrogen-bond acceptors (Lipinski definition) is 7. The molecule has 1 amide bonds. The zero-order valence-electron chi connectivity index (χ0n) is 16.3. The Kier molecular flexibility index (Phi) is 5.66. The molecule has 28 heavy (non-hydrogen) atoms. The molecule has 0 aliphatic carbocycles. The second-order valence-corrected chi connectivity index (χ2v) is 9.07. The maximum atomic E-state index is 12.5. The van der Waals surface area contributed by atoms with Gasteiger partial charge in [-0.05, 0) is 44.5 Å². The van der Waals surface area contributed by atoms with E-state index < -0.39 is 9.84 Å². The Morgan fingerprint density at radius 1 is 1.18 bits per heavy atom. The van der Waals surface area contributed by atoms with E-state index in [-0.39, 0.29) is 23.1 Å². The predicted octanol–water partition coefficient (Wildman–Crippen LogP) is 2.05. The molecule has 0 radical (unpaired) electrons. The van der Waals surface area contributed by atoms with Gasteiger partial charge in [-0.15, -0.1) is 0 Å². The molecule has 1 aliphatic rings. The molecule has 1 fully saturated rings. The van der Waals surface area contributed by atoms with Gasteiger partial charge in [0, 0.05) is 25.5 Å². The van der Waals surface area contributed by atoms with Crippen molar-refractivity contribution in [1.82, 2.24) is 9.97 Å². The average Bonchev–Trinajstić information content (AvgIpc) is 2.60. The number of nitrogens with zero attached hydrogens (tertiary/aromatic N) is 3. The SMILES string of the molecule is Cc1cc(NC(=O)c2ccc(N3CC(C)OC(C)C3)nc2)cnc1S(C)(=O)=O. The summed E-state index contributed by atoms with van der Waals surface area (Å²) in [5.74, 6) is 0.463. The fourth-order valence-electron chi connectivity index (χ4n) is 3.29. The summed E-state index contributed by atoms with van der Waals surface area (Å²) in [7, 11) is -3.40. The minimum Gasteiger partial charge on any atom is -0.372 e. The first-order chi connectivity index (χ1) is 13.1. The second-order valence-electron chi connectivity index (χ2n) is 7.14. The summed E-state index contributed by atoms with van der Waals surface area (Å²) in [6.45, 7) is 7.19. The Labute approximate surface area is 164 Å². The average molecular weight is 404 g/mol. The summed E-state index contributed by atoms with van der Waals surface area (Å²) in [5.41, 5.74) is 1.31. The van der Waals surface area contributed by atoms with Crippen LogP contribution >= 0.6 is 0 Å². The lowest BCUT2D eigenvalue weighted by Crippen LogP contribution is -2.45. The number of nitrogens with one attached hydrogen (secondary N) is 1. The van der Waals surface area contributed by atoms with Gasteiger partial charge in [0.05, 0.1) is 29.7 Å². The van der Waals surface area contributed by atoms with Gasteiger partial charge in [0.15, 0.2) is 14.9 Å². The molecule has 150 valence electrons. The van der Waals surface area contributed by atoms with Gasteiger partial charge in [-0.2, -0.15) is 0 Å². The number of morpholine rings is 1. The standard InChI is InChI=1S/C19H24N4O4S/c1-12-7-16(9-21-19(12)28(4,25)26)22-18(24)15-5-6-17(20-8-15)23-10-13(2)27-14(3)11-23/h5-9,13-14H,10-11H2,1-4H3,(H,22,24). The molecule has 0 spiro atoms. The van der Waals surface area contributed by atoms with Crippen LogP contribution in [0.1, 0.15) is 29.8 Å². The van der Waals surface area contributed by atoms with Crippen molar-refractivity contribution in [3.8, 4) is 0 Å². The van der Waals surface area contributed by atoms with Gasteiger partial charge < -0.3 is 15.0 Å². The van der Waals surface area contributed by atoms with Crippen LogP contribution in [-0.2, 0) is 14.6 Å². The summed E-state index contributed by atoms with van der Waals surface area (Å²) in [5, 5.41) is 2.73. The molecule has 8 nitrogen and oxygen atoms in total. The summed E-state index contributed by atoms with van der Waals surface area (Å²) >= 11 is 0. The van der Waals surface area contributed by atoms with Crippen LogP contribution in [0.5, 0.6) is 0 Å². The monoisotopic (exact) mass is 404 g/mol. The van der Waals surface area contributed by atoms with Crippen molar-refractivity contribution in [3.05, 3.63) is 41.7 Å². The summed E-state index contributed by atoms with van der Waals surface area (Å²) < 4.78 is 29.0. The third-order valence-electron chi connectivity index (χ3n) is 4.39. The van der Waals surface area contributed by atoms with E-state index in [4.69, 9.17) is 4.74 Å². The zero-order valence-corrected chi connectivity index (χ0v) is 17.2. The topological polar surface area (TPSA) is 101 Å². The third-order valence-corrected chi connectivity index (χ3v) is 5.52. The van der Waals surface area contributed by atoms with Gasteiger partial charge in [-0.25, -0.2) is 18.4 Å². The lowest BCUT2D eigenvalue weighted by atomic mass is 10.2. The van der Waals surface area contributed by atoms with E-state index in [1.54, 1.807) is 19.1 Å². The molecule has 0 aromatic carbocycles. The largest absolute Gasteiger partial charge is 0.372 e. The van der Waals surface area contributed by atoms with Crippen molar-refractivity contribution in [3.63, 3.8) is 0 Å². The normalized spacial score (nSPS) is 20.1. The molecule has 1 N–H and O–H groups in total. The number of sulfone groups is 1. The van der Waals surface area contributed by atoms with Gasteiger partial charge in [-0.1, -0.05) is 0 Å². The lowest BCUT2D eigenvalue weighted by molar-refractivity contribution is -0.00546. The molecular weight excluding hydrogens is 380 g/mol. The Balaban J connectivity index is 1.71. The van der Waals surface area contributed by atoms with E-state index in [1.807, 2.05) is 19.9 Å². The van der Waals surface area contributed by atoms with Crippen LogP contribution in [0, 0.1) is 6.92 Å². The predicted molar refractivity (Wildman–Crippen MR) is 106 cm³/mol. The summed E-state index contributed by atoms with van der Waals surface area (Å²) in [6.07, 6.45) is 4.21. The number of pyridine rings is 2. The molecule has 2 atom stereocenters. The van der Waals surface area contributed by atoms with Crippen molar-refractivity contribution in [2.75, 3.05) is 29.6 Å². The molecule has 2 aromatic heterocycles. The quantitative estimate of drug-likeness (QED) is 0.832. The molecule has 9 heteroatoms. The van der Waals surface area contributed by atoms with Gasteiger partial charge in [0.2, 0.25) is 0 Å². The zero-order chi connectivity index (χ0) is 20.5. The summed E-state index contributed by atoms with van der Waals surface area (Å²) in [4.78, 5) is 23.0. The number of aromatic nitrogens is 2. The first-order valence-electron chi connectivity index (χ1n) is 8.98.